The molecular weight excluding hydrogens is 304 g/mol. The molecule has 90 valence electrons. The molecule has 0 spiro atoms. The van der Waals surface area contributed by atoms with Crippen LogP contribution >= 0.6 is 27.5 Å². The van der Waals surface area contributed by atoms with Crippen LogP contribution in [0.2, 0.25) is 5.02 Å². The molecule has 0 bridgehead atoms. The molecule has 17 heavy (non-hydrogen) atoms. The molecule has 0 aliphatic rings. The number of aryl methyl sites for hydroxylation is 1. The van der Waals surface area contributed by atoms with E-state index in [9.17, 15) is 0 Å². The highest BCUT2D eigenvalue weighted by Gasteiger charge is 2.02. The summed E-state index contributed by atoms with van der Waals surface area (Å²) >= 11 is 9.51. The van der Waals surface area contributed by atoms with Crippen LogP contribution < -0.4 is 5.32 Å². The highest BCUT2D eigenvalue weighted by atomic mass is 79.9. The second-order valence-electron chi connectivity index (χ2n) is 3.67. The lowest BCUT2D eigenvalue weighted by Gasteiger charge is -2.05. The summed E-state index contributed by atoms with van der Waals surface area (Å²) in [6, 6.07) is 5.80. The first-order chi connectivity index (χ1) is 8.15. The van der Waals surface area contributed by atoms with Crippen LogP contribution in [0.3, 0.4) is 0 Å². The molecule has 0 atom stereocenters. The van der Waals surface area contributed by atoms with E-state index in [1.807, 2.05) is 25.2 Å². The predicted molar refractivity (Wildman–Crippen MR) is 70.7 cm³/mol. The van der Waals surface area contributed by atoms with E-state index in [0.717, 1.165) is 20.9 Å². The second kappa shape index (κ2) is 5.62. The summed E-state index contributed by atoms with van der Waals surface area (Å²) in [4.78, 5) is 4.13. The average molecular weight is 316 g/mol. The monoisotopic (exact) mass is 314 g/mol. The first-order valence-corrected chi connectivity index (χ1v) is 6.31. The lowest BCUT2D eigenvalue weighted by Crippen LogP contribution is -2.14. The summed E-state index contributed by atoms with van der Waals surface area (Å²) in [6.45, 7) is 1.32. The largest absolute Gasteiger partial charge is 0.306 e. The highest BCUT2D eigenvalue weighted by Crippen LogP contribution is 2.20. The van der Waals surface area contributed by atoms with Gasteiger partial charge in [0.05, 0.1) is 6.54 Å². The van der Waals surface area contributed by atoms with Gasteiger partial charge in [0.25, 0.3) is 0 Å². The fourth-order valence-corrected chi connectivity index (χ4v) is 2.05. The maximum Gasteiger partial charge on any atom is 0.164 e. The van der Waals surface area contributed by atoms with E-state index in [1.165, 1.54) is 0 Å². The van der Waals surface area contributed by atoms with Crippen LogP contribution in [0.5, 0.6) is 0 Å². The fourth-order valence-electron chi connectivity index (χ4n) is 1.45. The Morgan fingerprint density at radius 3 is 2.94 bits per heavy atom. The molecular formula is C11H12BrClN4. The molecule has 0 unspecified atom stereocenters. The van der Waals surface area contributed by atoms with E-state index in [-0.39, 0.29) is 0 Å². The zero-order chi connectivity index (χ0) is 12.3. The number of benzene rings is 1. The van der Waals surface area contributed by atoms with E-state index in [0.29, 0.717) is 13.1 Å². The smallest absolute Gasteiger partial charge is 0.164 e. The minimum Gasteiger partial charge on any atom is -0.306 e. The van der Waals surface area contributed by atoms with Crippen molar-refractivity contribution >= 4 is 27.5 Å². The Hall–Kier alpha value is -0.910. The third-order valence-electron chi connectivity index (χ3n) is 2.25. The number of hydrogen-bond donors (Lipinski definition) is 1. The van der Waals surface area contributed by atoms with Gasteiger partial charge in [0.2, 0.25) is 0 Å². The number of rotatable bonds is 4. The van der Waals surface area contributed by atoms with Crippen molar-refractivity contribution in [1.82, 2.24) is 20.1 Å². The zero-order valence-corrected chi connectivity index (χ0v) is 11.7. The molecule has 1 aromatic carbocycles. The van der Waals surface area contributed by atoms with Gasteiger partial charge in [-0.15, -0.1) is 0 Å². The number of hydrogen-bond acceptors (Lipinski definition) is 3. The van der Waals surface area contributed by atoms with Crippen LogP contribution in [0.1, 0.15) is 11.4 Å². The molecule has 1 heterocycles. The SMILES string of the molecule is Cn1cnc(CNCc2cc(Br)ccc2Cl)n1. The van der Waals surface area contributed by atoms with Gasteiger partial charge in [0.15, 0.2) is 5.82 Å². The third kappa shape index (κ3) is 3.52. The average Bonchev–Trinajstić information content (AvgIpc) is 2.69. The van der Waals surface area contributed by atoms with Crippen molar-refractivity contribution in [2.75, 3.05) is 0 Å². The molecule has 1 aromatic heterocycles. The van der Waals surface area contributed by atoms with Crippen molar-refractivity contribution < 1.29 is 0 Å². The van der Waals surface area contributed by atoms with Gasteiger partial charge in [-0.1, -0.05) is 27.5 Å². The van der Waals surface area contributed by atoms with Gasteiger partial charge in [0, 0.05) is 23.1 Å². The molecule has 0 aliphatic carbocycles. The molecule has 2 rings (SSSR count). The number of aromatic nitrogens is 3. The summed E-state index contributed by atoms with van der Waals surface area (Å²) in [7, 11) is 1.85. The lowest BCUT2D eigenvalue weighted by atomic mass is 10.2. The molecule has 0 aliphatic heterocycles. The van der Waals surface area contributed by atoms with Gasteiger partial charge in [-0.3, -0.25) is 4.68 Å². The van der Waals surface area contributed by atoms with Gasteiger partial charge in [-0.25, -0.2) is 4.98 Å². The minimum atomic E-state index is 0.629. The molecule has 2 aromatic rings. The Balaban J connectivity index is 1.91. The Morgan fingerprint density at radius 1 is 1.41 bits per heavy atom. The second-order valence-corrected chi connectivity index (χ2v) is 5.00. The number of halogens is 2. The molecule has 0 saturated heterocycles. The third-order valence-corrected chi connectivity index (χ3v) is 3.12. The van der Waals surface area contributed by atoms with Crippen molar-refractivity contribution in [1.29, 1.82) is 0 Å². The molecule has 0 saturated carbocycles. The van der Waals surface area contributed by atoms with Gasteiger partial charge in [0.1, 0.15) is 6.33 Å². The van der Waals surface area contributed by atoms with Crippen molar-refractivity contribution in [3.63, 3.8) is 0 Å². The fraction of sp³-hybridized carbons (Fsp3) is 0.273. The van der Waals surface area contributed by atoms with Gasteiger partial charge < -0.3 is 5.32 Å². The summed E-state index contributed by atoms with van der Waals surface area (Å²) in [5, 5.41) is 8.20. The van der Waals surface area contributed by atoms with Crippen molar-refractivity contribution in [3.8, 4) is 0 Å². The van der Waals surface area contributed by atoms with E-state index >= 15 is 0 Å². The summed E-state index contributed by atoms with van der Waals surface area (Å²) in [5.74, 6) is 0.776. The van der Waals surface area contributed by atoms with Crippen LogP contribution in [0.25, 0.3) is 0 Å². The zero-order valence-electron chi connectivity index (χ0n) is 9.32. The summed E-state index contributed by atoms with van der Waals surface area (Å²) < 4.78 is 2.71. The maximum absolute atomic E-state index is 6.09. The minimum absolute atomic E-state index is 0.629. The standard InChI is InChI=1S/C11H12BrClN4/c1-17-7-15-11(16-17)6-14-5-8-4-9(12)2-3-10(8)13/h2-4,7,14H,5-6H2,1H3. The van der Waals surface area contributed by atoms with Gasteiger partial charge in [-0.2, -0.15) is 5.10 Å². The quantitative estimate of drug-likeness (QED) is 0.943. The number of nitrogens with zero attached hydrogens (tertiary/aromatic N) is 3. The number of nitrogens with one attached hydrogen (secondary N) is 1. The van der Waals surface area contributed by atoms with E-state index in [2.05, 4.69) is 31.3 Å². The first-order valence-electron chi connectivity index (χ1n) is 5.14. The van der Waals surface area contributed by atoms with Gasteiger partial charge in [-0.05, 0) is 23.8 Å². The van der Waals surface area contributed by atoms with E-state index < -0.39 is 0 Å². The Kier molecular flexibility index (Phi) is 4.15. The van der Waals surface area contributed by atoms with Crippen LogP contribution in [0.15, 0.2) is 29.0 Å². The molecule has 6 heteroatoms. The topological polar surface area (TPSA) is 42.7 Å². The van der Waals surface area contributed by atoms with Crippen LogP contribution in [-0.2, 0) is 20.1 Å². The van der Waals surface area contributed by atoms with Crippen LogP contribution in [0, 0.1) is 0 Å². The molecule has 0 radical (unpaired) electrons. The van der Waals surface area contributed by atoms with Crippen LogP contribution in [0.4, 0.5) is 0 Å². The van der Waals surface area contributed by atoms with E-state index in [1.54, 1.807) is 11.0 Å². The Labute approximate surface area is 113 Å². The van der Waals surface area contributed by atoms with Crippen LogP contribution in [-0.4, -0.2) is 14.8 Å². The molecule has 1 N–H and O–H groups in total. The van der Waals surface area contributed by atoms with E-state index in [4.69, 9.17) is 11.6 Å². The van der Waals surface area contributed by atoms with Gasteiger partial charge >= 0.3 is 0 Å². The normalized spacial score (nSPS) is 10.8. The highest BCUT2D eigenvalue weighted by molar-refractivity contribution is 9.10. The lowest BCUT2D eigenvalue weighted by molar-refractivity contribution is 0.649. The van der Waals surface area contributed by atoms with Crippen molar-refractivity contribution in [2.24, 2.45) is 7.05 Å². The maximum atomic E-state index is 6.09. The molecule has 4 nitrogen and oxygen atoms in total. The van der Waals surface area contributed by atoms with Crippen molar-refractivity contribution in [3.05, 3.63) is 45.4 Å². The predicted octanol–water partition coefficient (Wildman–Crippen LogP) is 2.52. The molecule has 0 fully saturated rings. The molecule has 0 amide bonds. The van der Waals surface area contributed by atoms with Crippen molar-refractivity contribution in [2.45, 2.75) is 13.1 Å². The first kappa shape index (κ1) is 12.5. The Bertz CT molecular complexity index is 512. The Morgan fingerprint density at radius 2 is 2.24 bits per heavy atom. The summed E-state index contributed by atoms with van der Waals surface area (Å²) in [6.07, 6.45) is 1.68. The summed E-state index contributed by atoms with van der Waals surface area (Å²) in [5.41, 5.74) is 1.05.